The number of ketones is 1. The second-order valence-electron chi connectivity index (χ2n) is 5.12. The molecule has 0 saturated carbocycles. The first-order chi connectivity index (χ1) is 8.49. The van der Waals surface area contributed by atoms with Crippen molar-refractivity contribution in [2.75, 3.05) is 13.2 Å². The predicted molar refractivity (Wildman–Crippen MR) is 68.2 cm³/mol. The molecule has 1 aliphatic heterocycles. The molecule has 0 amide bonds. The van der Waals surface area contributed by atoms with E-state index >= 15 is 0 Å². The number of cyclic esters (lactones) is 1. The molecule has 0 radical (unpaired) electrons. The van der Waals surface area contributed by atoms with Crippen molar-refractivity contribution in [1.29, 1.82) is 0 Å². The number of ether oxygens (including phenoxy) is 2. The molecule has 0 aromatic rings. The van der Waals surface area contributed by atoms with Gasteiger partial charge in [-0.3, -0.25) is 9.59 Å². The monoisotopic (exact) mass is 254 g/mol. The molecule has 0 bridgehead atoms. The lowest BCUT2D eigenvalue weighted by atomic mass is 10.1. The Bertz CT molecular complexity index is 318. The van der Waals surface area contributed by atoms with Gasteiger partial charge in [-0.1, -0.05) is 12.2 Å². The van der Waals surface area contributed by atoms with Crippen molar-refractivity contribution in [3.63, 3.8) is 0 Å². The normalized spacial score (nSPS) is 25.0. The number of carbonyl (C=O) groups excluding carboxylic acids is 2. The summed E-state index contributed by atoms with van der Waals surface area (Å²) in [5.74, 6) is -0.0655. The van der Waals surface area contributed by atoms with E-state index in [1.165, 1.54) is 0 Å². The molecule has 1 heterocycles. The second-order valence-corrected chi connectivity index (χ2v) is 5.12. The summed E-state index contributed by atoms with van der Waals surface area (Å²) in [4.78, 5) is 23.0. The molecule has 0 saturated heterocycles. The van der Waals surface area contributed by atoms with Gasteiger partial charge in [0.25, 0.3) is 0 Å². The molecule has 0 aliphatic carbocycles. The van der Waals surface area contributed by atoms with E-state index in [0.29, 0.717) is 38.7 Å². The minimum atomic E-state index is -0.534. The summed E-state index contributed by atoms with van der Waals surface area (Å²) in [6.45, 7) is 4.30. The topological polar surface area (TPSA) is 52.6 Å². The van der Waals surface area contributed by atoms with Crippen LogP contribution >= 0.6 is 0 Å². The van der Waals surface area contributed by atoms with Crippen LogP contribution in [0.15, 0.2) is 12.2 Å². The van der Waals surface area contributed by atoms with E-state index in [1.807, 2.05) is 26.0 Å². The van der Waals surface area contributed by atoms with E-state index in [-0.39, 0.29) is 18.4 Å². The summed E-state index contributed by atoms with van der Waals surface area (Å²) in [5.41, 5.74) is -0.534. The fourth-order valence-electron chi connectivity index (χ4n) is 1.67. The van der Waals surface area contributed by atoms with Crippen molar-refractivity contribution < 1.29 is 19.1 Å². The molecule has 0 fully saturated rings. The molecular formula is C14H22O4. The molecule has 1 rings (SSSR count). The van der Waals surface area contributed by atoms with Crippen molar-refractivity contribution in [1.82, 2.24) is 0 Å². The number of hydrogen-bond donors (Lipinski definition) is 0. The van der Waals surface area contributed by atoms with E-state index in [0.717, 1.165) is 0 Å². The van der Waals surface area contributed by atoms with Crippen LogP contribution in [0.25, 0.3) is 0 Å². The zero-order valence-electron chi connectivity index (χ0n) is 11.2. The summed E-state index contributed by atoms with van der Waals surface area (Å²) < 4.78 is 10.7. The van der Waals surface area contributed by atoms with Crippen molar-refractivity contribution in [3.05, 3.63) is 12.2 Å². The highest BCUT2D eigenvalue weighted by Crippen LogP contribution is 2.16. The Balaban J connectivity index is 2.53. The number of hydrogen-bond acceptors (Lipinski definition) is 4. The number of allylic oxidation sites excluding steroid dienone is 2. The van der Waals surface area contributed by atoms with E-state index in [2.05, 4.69) is 0 Å². The predicted octanol–water partition coefficient (Wildman–Crippen LogP) is 2.41. The smallest absolute Gasteiger partial charge is 0.306 e. The lowest BCUT2D eigenvalue weighted by Crippen LogP contribution is -2.30. The highest BCUT2D eigenvalue weighted by molar-refractivity contribution is 5.79. The lowest BCUT2D eigenvalue weighted by Gasteiger charge is -2.25. The molecule has 18 heavy (non-hydrogen) atoms. The zero-order chi connectivity index (χ0) is 13.4. The number of carbonyl (C=O) groups is 2. The first-order valence-corrected chi connectivity index (χ1v) is 6.46. The minimum absolute atomic E-state index is 0.117. The van der Waals surface area contributed by atoms with Crippen molar-refractivity contribution in [2.24, 2.45) is 0 Å². The third kappa shape index (κ3) is 6.55. The van der Waals surface area contributed by atoms with Gasteiger partial charge in [0.2, 0.25) is 0 Å². The van der Waals surface area contributed by atoms with Gasteiger partial charge in [0, 0.05) is 19.3 Å². The Morgan fingerprint density at radius 3 is 2.50 bits per heavy atom. The maximum Gasteiger partial charge on any atom is 0.306 e. The molecule has 0 spiro atoms. The molecule has 0 atom stereocenters. The van der Waals surface area contributed by atoms with Crippen LogP contribution in [0.2, 0.25) is 0 Å². The molecule has 4 heteroatoms. The Morgan fingerprint density at radius 2 is 1.78 bits per heavy atom. The molecule has 4 nitrogen and oxygen atoms in total. The zero-order valence-corrected chi connectivity index (χ0v) is 11.2. The Morgan fingerprint density at radius 1 is 1.11 bits per heavy atom. The average Bonchev–Trinajstić information content (AvgIpc) is 2.27. The molecule has 0 unspecified atom stereocenters. The van der Waals surface area contributed by atoms with Crippen LogP contribution in [-0.2, 0) is 19.1 Å². The maximum absolute atomic E-state index is 11.6. The van der Waals surface area contributed by atoms with Gasteiger partial charge in [0.15, 0.2) is 5.78 Å². The van der Waals surface area contributed by atoms with Crippen LogP contribution in [0, 0.1) is 0 Å². The van der Waals surface area contributed by atoms with Gasteiger partial charge in [-0.25, -0.2) is 0 Å². The van der Waals surface area contributed by atoms with E-state index in [1.54, 1.807) is 0 Å². The van der Waals surface area contributed by atoms with E-state index in [4.69, 9.17) is 9.47 Å². The Kier molecular flexibility index (Phi) is 6.05. The fraction of sp³-hybridized carbons (Fsp3) is 0.714. The lowest BCUT2D eigenvalue weighted by molar-refractivity contribution is -0.158. The third-order valence-corrected chi connectivity index (χ3v) is 2.77. The van der Waals surface area contributed by atoms with Gasteiger partial charge >= 0.3 is 5.97 Å². The second kappa shape index (κ2) is 7.31. The molecule has 102 valence electrons. The standard InChI is InChI=1S/C14H22O4/c1-14(2)9-10-17-11-12(15)7-5-3-4-6-8-13(16)18-14/h3-4H,5-11H2,1-2H3/b4-3-. The van der Waals surface area contributed by atoms with Crippen LogP contribution in [-0.4, -0.2) is 30.6 Å². The highest BCUT2D eigenvalue weighted by Gasteiger charge is 2.22. The van der Waals surface area contributed by atoms with E-state index < -0.39 is 5.60 Å². The average molecular weight is 254 g/mol. The van der Waals surface area contributed by atoms with E-state index in [9.17, 15) is 9.59 Å². The molecular weight excluding hydrogens is 232 g/mol. The van der Waals surface area contributed by atoms with Crippen LogP contribution in [0.1, 0.15) is 46.0 Å². The Labute approximate surface area is 108 Å². The van der Waals surface area contributed by atoms with Gasteiger partial charge in [0.05, 0.1) is 6.61 Å². The van der Waals surface area contributed by atoms with Gasteiger partial charge < -0.3 is 9.47 Å². The summed E-state index contributed by atoms with van der Waals surface area (Å²) in [6.07, 6.45) is 6.72. The minimum Gasteiger partial charge on any atom is -0.460 e. The number of Topliss-reactive ketones (excluding diaryl/α,β-unsaturated/α-hetero) is 1. The summed E-state index contributed by atoms with van der Waals surface area (Å²) in [7, 11) is 0. The van der Waals surface area contributed by atoms with Gasteiger partial charge in [-0.15, -0.1) is 0 Å². The van der Waals surface area contributed by atoms with Crippen LogP contribution < -0.4 is 0 Å². The van der Waals surface area contributed by atoms with Crippen LogP contribution in [0.4, 0.5) is 0 Å². The fourth-order valence-corrected chi connectivity index (χ4v) is 1.67. The third-order valence-electron chi connectivity index (χ3n) is 2.77. The molecule has 0 N–H and O–H groups in total. The first kappa shape index (κ1) is 14.9. The number of rotatable bonds is 0. The molecule has 0 aromatic heterocycles. The van der Waals surface area contributed by atoms with Crippen molar-refractivity contribution >= 4 is 11.8 Å². The van der Waals surface area contributed by atoms with Crippen LogP contribution in [0.5, 0.6) is 0 Å². The summed E-state index contributed by atoms with van der Waals surface area (Å²) >= 11 is 0. The quantitative estimate of drug-likeness (QED) is 0.492. The highest BCUT2D eigenvalue weighted by atomic mass is 16.6. The summed E-state index contributed by atoms with van der Waals surface area (Å²) in [5, 5.41) is 0. The molecule has 0 aromatic carbocycles. The first-order valence-electron chi connectivity index (χ1n) is 6.46. The van der Waals surface area contributed by atoms with Gasteiger partial charge in [-0.05, 0) is 26.7 Å². The van der Waals surface area contributed by atoms with Crippen molar-refractivity contribution in [3.8, 4) is 0 Å². The largest absolute Gasteiger partial charge is 0.460 e. The van der Waals surface area contributed by atoms with Crippen LogP contribution in [0.3, 0.4) is 0 Å². The number of esters is 1. The van der Waals surface area contributed by atoms with Gasteiger partial charge in [-0.2, -0.15) is 0 Å². The van der Waals surface area contributed by atoms with Crippen molar-refractivity contribution in [2.45, 2.75) is 51.6 Å². The summed E-state index contributed by atoms with van der Waals surface area (Å²) in [6, 6.07) is 0. The SMILES string of the molecule is CC1(C)CCOCC(=O)CC/C=C\CCC(=O)O1. The van der Waals surface area contributed by atoms with Gasteiger partial charge in [0.1, 0.15) is 12.2 Å². The molecule has 1 aliphatic rings. The maximum atomic E-state index is 11.6. The Hall–Kier alpha value is -1.16.